The summed E-state index contributed by atoms with van der Waals surface area (Å²) in [7, 11) is 0. The van der Waals surface area contributed by atoms with Gasteiger partial charge in [-0.2, -0.15) is 0 Å². The molecule has 0 radical (unpaired) electrons. The summed E-state index contributed by atoms with van der Waals surface area (Å²) in [6.07, 6.45) is 5.60. The highest BCUT2D eigenvalue weighted by Gasteiger charge is 2.18. The van der Waals surface area contributed by atoms with Crippen LogP contribution in [0.4, 0.5) is 0 Å². The van der Waals surface area contributed by atoms with Crippen LogP contribution in [0.1, 0.15) is 37.1 Å². The zero-order valence-corrected chi connectivity index (χ0v) is 14.8. The predicted molar refractivity (Wildman–Crippen MR) is 98.8 cm³/mol. The Labute approximate surface area is 150 Å². The molecule has 2 heterocycles. The van der Waals surface area contributed by atoms with E-state index < -0.39 is 0 Å². The van der Waals surface area contributed by atoms with E-state index in [-0.39, 0.29) is 12.1 Å². The number of nitrogens with zero attached hydrogens (tertiary/aromatic N) is 5. The maximum absolute atomic E-state index is 6.07. The summed E-state index contributed by atoms with van der Waals surface area (Å²) < 4.78 is 4.04. The molecule has 0 aliphatic heterocycles. The van der Waals surface area contributed by atoms with E-state index in [4.69, 9.17) is 11.6 Å². The van der Waals surface area contributed by atoms with Gasteiger partial charge in [-0.1, -0.05) is 35.0 Å². The van der Waals surface area contributed by atoms with Crippen LogP contribution in [0.2, 0.25) is 5.02 Å². The molecule has 0 bridgehead atoms. The molecule has 0 saturated carbocycles. The Morgan fingerprint density at radius 1 is 1.00 bits per heavy atom. The van der Waals surface area contributed by atoms with Crippen molar-refractivity contribution in [3.05, 3.63) is 77.3 Å². The van der Waals surface area contributed by atoms with Gasteiger partial charge in [0.1, 0.15) is 5.52 Å². The van der Waals surface area contributed by atoms with E-state index in [1.54, 1.807) is 6.20 Å². The van der Waals surface area contributed by atoms with Gasteiger partial charge in [-0.05, 0) is 49.2 Å². The van der Waals surface area contributed by atoms with Gasteiger partial charge in [0.15, 0.2) is 0 Å². The zero-order chi connectivity index (χ0) is 17.4. The Hall–Kier alpha value is -2.66. The van der Waals surface area contributed by atoms with Crippen molar-refractivity contribution in [2.75, 3.05) is 0 Å². The van der Waals surface area contributed by atoms with Crippen LogP contribution in [0.5, 0.6) is 0 Å². The van der Waals surface area contributed by atoms with Crippen molar-refractivity contribution >= 4 is 22.6 Å². The van der Waals surface area contributed by atoms with E-state index in [1.165, 1.54) is 0 Å². The quantitative estimate of drug-likeness (QED) is 0.544. The molecule has 2 aromatic heterocycles. The fourth-order valence-corrected chi connectivity index (χ4v) is 3.23. The lowest BCUT2D eigenvalue weighted by Gasteiger charge is -2.20. The molecule has 5 nitrogen and oxygen atoms in total. The van der Waals surface area contributed by atoms with Crippen LogP contribution in [0.15, 0.2) is 61.2 Å². The van der Waals surface area contributed by atoms with E-state index >= 15 is 0 Å². The van der Waals surface area contributed by atoms with E-state index in [1.807, 2.05) is 35.4 Å². The summed E-state index contributed by atoms with van der Waals surface area (Å²) in [6.45, 7) is 4.21. The number of halogens is 1. The summed E-state index contributed by atoms with van der Waals surface area (Å²) >= 11 is 6.07. The number of rotatable bonds is 4. The molecule has 4 rings (SSSR count). The number of hydrogen-bond acceptors (Lipinski definition) is 3. The molecule has 0 saturated heterocycles. The number of imidazole rings is 1. The topological polar surface area (TPSA) is 48.5 Å². The summed E-state index contributed by atoms with van der Waals surface area (Å²) in [4.78, 5) is 4.22. The summed E-state index contributed by atoms with van der Waals surface area (Å²) in [5.41, 5.74) is 4.23. The molecule has 25 heavy (non-hydrogen) atoms. The van der Waals surface area contributed by atoms with Crippen LogP contribution in [-0.4, -0.2) is 24.5 Å². The minimum Gasteiger partial charge on any atom is -0.326 e. The third kappa shape index (κ3) is 2.91. The van der Waals surface area contributed by atoms with Crippen molar-refractivity contribution < 1.29 is 0 Å². The molecule has 4 aromatic rings. The van der Waals surface area contributed by atoms with Gasteiger partial charge in [0, 0.05) is 23.5 Å². The SMILES string of the molecule is CC(C)n1nnc2ccc(C(c3ccc(Cl)cc3)n3ccnc3)cc21. The van der Waals surface area contributed by atoms with Crippen molar-refractivity contribution in [2.45, 2.75) is 25.9 Å². The smallest absolute Gasteiger partial charge is 0.113 e. The third-order valence-electron chi connectivity index (χ3n) is 4.31. The first-order valence-corrected chi connectivity index (χ1v) is 8.59. The highest BCUT2D eigenvalue weighted by Crippen LogP contribution is 2.30. The second kappa shape index (κ2) is 6.33. The molecule has 1 atom stereocenters. The number of hydrogen-bond donors (Lipinski definition) is 0. The number of fused-ring (bicyclic) bond motifs is 1. The minimum atomic E-state index is 0.0136. The molecular formula is C19H18ClN5. The maximum atomic E-state index is 6.07. The van der Waals surface area contributed by atoms with Crippen LogP contribution >= 0.6 is 11.6 Å². The molecular weight excluding hydrogens is 334 g/mol. The summed E-state index contributed by atoms with van der Waals surface area (Å²) in [6, 6.07) is 14.5. The molecule has 0 amide bonds. The average molecular weight is 352 g/mol. The molecule has 1 unspecified atom stereocenters. The normalized spacial score (nSPS) is 12.8. The van der Waals surface area contributed by atoms with Crippen LogP contribution < -0.4 is 0 Å². The van der Waals surface area contributed by atoms with E-state index in [0.29, 0.717) is 0 Å². The Kier molecular flexibility index (Phi) is 4.01. The molecule has 2 aromatic carbocycles. The molecule has 0 N–H and O–H groups in total. The van der Waals surface area contributed by atoms with Gasteiger partial charge in [-0.25, -0.2) is 9.67 Å². The van der Waals surface area contributed by atoms with Crippen molar-refractivity contribution in [1.82, 2.24) is 24.5 Å². The maximum Gasteiger partial charge on any atom is 0.113 e. The Balaban J connectivity index is 1.88. The lowest BCUT2D eigenvalue weighted by Crippen LogP contribution is -2.11. The number of benzene rings is 2. The molecule has 0 spiro atoms. The first-order chi connectivity index (χ1) is 12.1. The van der Waals surface area contributed by atoms with Crippen LogP contribution in [-0.2, 0) is 0 Å². The van der Waals surface area contributed by atoms with Gasteiger partial charge in [0.25, 0.3) is 0 Å². The second-order valence-electron chi connectivity index (χ2n) is 6.34. The first kappa shape index (κ1) is 15.8. The van der Waals surface area contributed by atoms with Gasteiger partial charge < -0.3 is 4.57 Å². The monoisotopic (exact) mass is 351 g/mol. The predicted octanol–water partition coefficient (Wildman–Crippen LogP) is 4.50. The molecule has 0 fully saturated rings. The number of aromatic nitrogens is 5. The Morgan fingerprint density at radius 2 is 1.76 bits per heavy atom. The molecule has 126 valence electrons. The van der Waals surface area contributed by atoms with E-state index in [0.717, 1.165) is 27.2 Å². The van der Waals surface area contributed by atoms with Crippen LogP contribution in [0.25, 0.3) is 11.0 Å². The standard InChI is InChI=1S/C19H18ClN5/c1-13(2)25-18-11-15(5-8-17(18)22-23-25)19(24-10-9-21-12-24)14-3-6-16(20)7-4-14/h3-13,19H,1-2H3. The largest absolute Gasteiger partial charge is 0.326 e. The summed E-state index contributed by atoms with van der Waals surface area (Å²) in [5.74, 6) is 0. The van der Waals surface area contributed by atoms with Crippen molar-refractivity contribution in [3.63, 3.8) is 0 Å². The zero-order valence-electron chi connectivity index (χ0n) is 14.0. The Morgan fingerprint density at radius 3 is 2.44 bits per heavy atom. The van der Waals surface area contributed by atoms with E-state index in [9.17, 15) is 0 Å². The van der Waals surface area contributed by atoms with Gasteiger partial charge in [0.2, 0.25) is 0 Å². The minimum absolute atomic E-state index is 0.0136. The molecule has 6 heteroatoms. The lowest BCUT2D eigenvalue weighted by molar-refractivity contribution is 0.529. The van der Waals surface area contributed by atoms with Gasteiger partial charge in [-0.3, -0.25) is 0 Å². The fourth-order valence-electron chi connectivity index (χ4n) is 3.11. The molecule has 0 aliphatic rings. The van der Waals surface area contributed by atoms with Crippen molar-refractivity contribution in [2.24, 2.45) is 0 Å². The van der Waals surface area contributed by atoms with Gasteiger partial charge in [-0.15, -0.1) is 5.10 Å². The summed E-state index contributed by atoms with van der Waals surface area (Å²) in [5, 5.41) is 9.26. The van der Waals surface area contributed by atoms with Crippen LogP contribution in [0.3, 0.4) is 0 Å². The fraction of sp³-hybridized carbons (Fsp3) is 0.211. The third-order valence-corrected chi connectivity index (χ3v) is 4.56. The average Bonchev–Trinajstić information content (AvgIpc) is 3.26. The van der Waals surface area contributed by atoms with E-state index in [2.05, 4.69) is 58.0 Å². The Bertz CT molecular complexity index is 987. The van der Waals surface area contributed by atoms with Crippen molar-refractivity contribution in [3.8, 4) is 0 Å². The highest BCUT2D eigenvalue weighted by atomic mass is 35.5. The first-order valence-electron chi connectivity index (χ1n) is 8.21. The van der Waals surface area contributed by atoms with Gasteiger partial charge >= 0.3 is 0 Å². The van der Waals surface area contributed by atoms with Gasteiger partial charge in [0.05, 0.1) is 17.9 Å². The van der Waals surface area contributed by atoms with Crippen molar-refractivity contribution in [1.29, 1.82) is 0 Å². The lowest BCUT2D eigenvalue weighted by atomic mass is 9.98. The molecule has 0 aliphatic carbocycles. The highest BCUT2D eigenvalue weighted by molar-refractivity contribution is 6.30. The van der Waals surface area contributed by atoms with Crippen LogP contribution in [0, 0.1) is 0 Å². The second-order valence-corrected chi connectivity index (χ2v) is 6.78.